The molecule has 1 heterocycles. The Kier molecular flexibility index (Phi) is 6.86. The highest BCUT2D eigenvalue weighted by molar-refractivity contribution is 9.10. The van der Waals surface area contributed by atoms with E-state index in [0.717, 1.165) is 15.6 Å². The predicted octanol–water partition coefficient (Wildman–Crippen LogP) is 3.85. The first-order chi connectivity index (χ1) is 13.5. The quantitative estimate of drug-likeness (QED) is 0.685. The molecule has 0 spiro atoms. The number of piperidine rings is 1. The van der Waals surface area contributed by atoms with Gasteiger partial charge in [0.1, 0.15) is 6.23 Å². The van der Waals surface area contributed by atoms with E-state index in [0.29, 0.717) is 13.0 Å². The summed E-state index contributed by atoms with van der Waals surface area (Å²) >= 11 is 3.42. The molecule has 0 bridgehead atoms. The smallest absolute Gasteiger partial charge is 0.306 e. The van der Waals surface area contributed by atoms with Crippen molar-refractivity contribution < 1.29 is 19.4 Å². The van der Waals surface area contributed by atoms with Crippen molar-refractivity contribution in [1.29, 1.82) is 0 Å². The molecule has 0 aromatic heterocycles. The van der Waals surface area contributed by atoms with Gasteiger partial charge in [0, 0.05) is 16.9 Å². The number of hydrogen-bond acceptors (Lipinski definition) is 4. The van der Waals surface area contributed by atoms with Gasteiger partial charge in [-0.05, 0) is 36.6 Å². The Morgan fingerprint density at radius 2 is 1.86 bits per heavy atom. The second kappa shape index (κ2) is 9.34. The number of halogens is 1. The van der Waals surface area contributed by atoms with Gasteiger partial charge in [-0.2, -0.15) is 0 Å². The first-order valence-electron chi connectivity index (χ1n) is 9.43. The molecule has 3 rings (SSSR count). The van der Waals surface area contributed by atoms with Crippen LogP contribution >= 0.6 is 15.9 Å². The maximum atomic E-state index is 13.3. The van der Waals surface area contributed by atoms with Gasteiger partial charge in [-0.15, -0.1) is 0 Å². The number of aliphatic hydroxyl groups excluding tert-OH is 1. The zero-order chi connectivity index (χ0) is 20.1. The lowest BCUT2D eigenvalue weighted by atomic mass is 9.77. The van der Waals surface area contributed by atoms with Crippen LogP contribution in [0.2, 0.25) is 0 Å². The van der Waals surface area contributed by atoms with Gasteiger partial charge in [0.15, 0.2) is 0 Å². The van der Waals surface area contributed by atoms with Gasteiger partial charge in [-0.1, -0.05) is 58.4 Å². The molecule has 1 saturated heterocycles. The van der Waals surface area contributed by atoms with Crippen LogP contribution in [0.4, 0.5) is 0 Å². The van der Waals surface area contributed by atoms with Crippen molar-refractivity contribution in [3.8, 4) is 0 Å². The minimum atomic E-state index is -0.903. The highest BCUT2D eigenvalue weighted by atomic mass is 79.9. The highest BCUT2D eigenvalue weighted by Crippen LogP contribution is 2.39. The van der Waals surface area contributed by atoms with Gasteiger partial charge in [0.2, 0.25) is 5.91 Å². The second-order valence-corrected chi connectivity index (χ2v) is 7.86. The summed E-state index contributed by atoms with van der Waals surface area (Å²) in [5.41, 5.74) is 1.87. The first kappa shape index (κ1) is 20.6. The number of carbonyl (C=O) groups is 2. The molecule has 0 saturated carbocycles. The number of nitrogens with zero attached hydrogens (tertiary/aromatic N) is 1. The molecule has 1 aliphatic heterocycles. The average molecular weight is 446 g/mol. The van der Waals surface area contributed by atoms with E-state index in [9.17, 15) is 14.7 Å². The zero-order valence-electron chi connectivity index (χ0n) is 15.8. The highest BCUT2D eigenvalue weighted by Gasteiger charge is 2.43. The second-order valence-electron chi connectivity index (χ2n) is 6.94. The van der Waals surface area contributed by atoms with Crippen molar-refractivity contribution in [2.75, 3.05) is 6.61 Å². The van der Waals surface area contributed by atoms with Crippen molar-refractivity contribution in [2.45, 2.75) is 38.5 Å². The van der Waals surface area contributed by atoms with Crippen molar-refractivity contribution in [3.05, 3.63) is 70.2 Å². The Morgan fingerprint density at radius 1 is 1.18 bits per heavy atom. The summed E-state index contributed by atoms with van der Waals surface area (Å²) < 4.78 is 6.03. The molecule has 6 heteroatoms. The number of amides is 1. The van der Waals surface area contributed by atoms with Crippen LogP contribution in [0, 0.1) is 5.92 Å². The van der Waals surface area contributed by atoms with Crippen LogP contribution in [0.15, 0.2) is 59.1 Å². The maximum Gasteiger partial charge on any atom is 0.306 e. The van der Waals surface area contributed by atoms with Crippen LogP contribution in [0.25, 0.3) is 0 Å². The minimum absolute atomic E-state index is 0.00537. The molecule has 1 amide bonds. The number of rotatable bonds is 6. The van der Waals surface area contributed by atoms with E-state index in [-0.39, 0.29) is 30.8 Å². The predicted molar refractivity (Wildman–Crippen MR) is 109 cm³/mol. The molecule has 1 N–H and O–H groups in total. The molecule has 2 aromatic carbocycles. The SMILES string of the molecule is CCOC(=O)C[C@@H]1C(=O)N(Cc2ccccc2)C(O)C[C@H]1c1ccc(Br)cc1. The molecular weight excluding hydrogens is 422 g/mol. The van der Waals surface area contributed by atoms with Crippen LogP contribution in [-0.4, -0.2) is 34.7 Å². The van der Waals surface area contributed by atoms with Gasteiger partial charge >= 0.3 is 5.97 Å². The van der Waals surface area contributed by atoms with E-state index in [1.54, 1.807) is 6.92 Å². The van der Waals surface area contributed by atoms with Gasteiger partial charge in [0.05, 0.1) is 18.9 Å². The molecule has 28 heavy (non-hydrogen) atoms. The van der Waals surface area contributed by atoms with Crippen LogP contribution in [-0.2, 0) is 20.9 Å². The largest absolute Gasteiger partial charge is 0.466 e. The molecule has 5 nitrogen and oxygen atoms in total. The number of ether oxygens (including phenoxy) is 1. The van der Waals surface area contributed by atoms with Crippen LogP contribution in [0.1, 0.15) is 36.8 Å². The molecule has 0 aliphatic carbocycles. The number of likely N-dealkylation sites (tertiary alicyclic amines) is 1. The number of esters is 1. The summed E-state index contributed by atoms with van der Waals surface area (Å²) in [4.78, 5) is 26.9. The topological polar surface area (TPSA) is 66.8 Å². The van der Waals surface area contributed by atoms with E-state index >= 15 is 0 Å². The van der Waals surface area contributed by atoms with Crippen LogP contribution in [0.3, 0.4) is 0 Å². The summed E-state index contributed by atoms with van der Waals surface area (Å²) in [7, 11) is 0. The summed E-state index contributed by atoms with van der Waals surface area (Å²) in [5.74, 6) is -1.41. The first-order valence-corrected chi connectivity index (χ1v) is 10.2. The van der Waals surface area contributed by atoms with E-state index in [1.807, 2.05) is 54.6 Å². The van der Waals surface area contributed by atoms with Gasteiger partial charge in [-0.25, -0.2) is 0 Å². The van der Waals surface area contributed by atoms with Crippen LogP contribution < -0.4 is 0 Å². The van der Waals surface area contributed by atoms with Gasteiger partial charge in [0.25, 0.3) is 0 Å². The molecule has 0 radical (unpaired) electrons. The van der Waals surface area contributed by atoms with Crippen molar-refractivity contribution in [2.24, 2.45) is 5.92 Å². The third-order valence-electron chi connectivity index (χ3n) is 5.10. The zero-order valence-corrected chi connectivity index (χ0v) is 17.3. The summed E-state index contributed by atoms with van der Waals surface area (Å²) in [6.07, 6.45) is -0.518. The summed E-state index contributed by atoms with van der Waals surface area (Å²) in [5, 5.41) is 10.7. The normalized spacial score (nSPS) is 22.2. The number of benzene rings is 2. The van der Waals surface area contributed by atoms with E-state index in [4.69, 9.17) is 4.74 Å². The number of aliphatic hydroxyl groups is 1. The molecule has 1 fully saturated rings. The Hall–Kier alpha value is -2.18. The fourth-order valence-corrected chi connectivity index (χ4v) is 3.99. The average Bonchev–Trinajstić information content (AvgIpc) is 2.69. The summed E-state index contributed by atoms with van der Waals surface area (Å²) in [6.45, 7) is 2.34. The molecular formula is C22H24BrNO4. The Labute approximate surface area is 173 Å². The minimum Gasteiger partial charge on any atom is -0.466 e. The number of hydrogen-bond donors (Lipinski definition) is 1. The Balaban J connectivity index is 1.87. The fraction of sp³-hybridized carbons (Fsp3) is 0.364. The molecule has 3 atom stereocenters. The van der Waals surface area contributed by atoms with Crippen molar-refractivity contribution in [1.82, 2.24) is 4.90 Å². The standard InChI is InChI=1S/C22H24BrNO4/c1-2-28-21(26)13-19-18(16-8-10-17(23)11-9-16)12-20(25)24(22(19)27)14-15-6-4-3-5-7-15/h3-11,18-20,25H,2,12-14H2,1H3/t18-,19-,20?/m0/s1. The molecule has 148 valence electrons. The lowest BCUT2D eigenvalue weighted by Crippen LogP contribution is -2.50. The van der Waals surface area contributed by atoms with E-state index in [1.165, 1.54) is 4.90 Å². The van der Waals surface area contributed by atoms with E-state index in [2.05, 4.69) is 15.9 Å². The third-order valence-corrected chi connectivity index (χ3v) is 5.62. The molecule has 2 aromatic rings. The Bertz CT molecular complexity index is 809. The lowest BCUT2D eigenvalue weighted by molar-refractivity contribution is -0.161. The number of carbonyl (C=O) groups excluding carboxylic acids is 2. The fourth-order valence-electron chi connectivity index (χ4n) is 3.72. The Morgan fingerprint density at radius 3 is 2.50 bits per heavy atom. The van der Waals surface area contributed by atoms with Crippen molar-refractivity contribution in [3.63, 3.8) is 0 Å². The van der Waals surface area contributed by atoms with Crippen LogP contribution in [0.5, 0.6) is 0 Å². The monoisotopic (exact) mass is 445 g/mol. The van der Waals surface area contributed by atoms with Gasteiger partial charge in [-0.3, -0.25) is 9.59 Å². The molecule has 1 unspecified atom stereocenters. The summed E-state index contributed by atoms with van der Waals surface area (Å²) in [6, 6.07) is 17.2. The van der Waals surface area contributed by atoms with Gasteiger partial charge < -0.3 is 14.7 Å². The lowest BCUT2D eigenvalue weighted by Gasteiger charge is -2.41. The maximum absolute atomic E-state index is 13.3. The third kappa shape index (κ3) is 4.80. The van der Waals surface area contributed by atoms with Crippen molar-refractivity contribution >= 4 is 27.8 Å². The molecule has 1 aliphatic rings. The van der Waals surface area contributed by atoms with E-state index < -0.39 is 12.1 Å².